The van der Waals surface area contributed by atoms with Gasteiger partial charge >= 0.3 is 71.7 Å². The molecule has 0 heterocycles. The second-order valence-electron chi connectivity index (χ2n) is 22.2. The van der Waals surface area contributed by atoms with Gasteiger partial charge in [-0.2, -0.15) is 13.5 Å². The van der Waals surface area contributed by atoms with Gasteiger partial charge in [-0.3, -0.25) is 19.2 Å². The monoisotopic (exact) mass is 1560 g/mol. The minimum Gasteiger partial charge on any atom is -0.789 e. The molecule has 0 rings (SSSR count). The number of ether oxygens (including phenoxy) is 4. The molecule has 524 valence electrons. The molecule has 0 aromatic heterocycles. The molecule has 4 radical (unpaired) electrons. The van der Waals surface area contributed by atoms with Crippen LogP contribution in [0.1, 0.15) is 351 Å². The van der Waals surface area contributed by atoms with E-state index in [1.54, 1.807) is 0 Å². The van der Waals surface area contributed by atoms with Crippen molar-refractivity contribution in [3.63, 3.8) is 0 Å². The molecule has 0 bridgehead atoms. The molecule has 0 aromatic carbocycles. The van der Waals surface area contributed by atoms with E-state index >= 15 is 0 Å². The van der Waals surface area contributed by atoms with E-state index in [2.05, 4.69) is 76.3 Å². The first-order chi connectivity index (χ1) is 41.2. The average molecular weight is 1560 g/mol. The normalized spacial score (nSPS) is 10.5. The summed E-state index contributed by atoms with van der Waals surface area (Å²) in [7, 11) is 0. The van der Waals surface area contributed by atoms with Crippen LogP contribution in [0.5, 0.6) is 0 Å². The van der Waals surface area contributed by atoms with Crippen LogP contribution < -0.4 is 0 Å². The van der Waals surface area contributed by atoms with Crippen molar-refractivity contribution in [2.24, 2.45) is 0 Å². The Morgan fingerprint density at radius 3 is 0.528 bits per heavy atom. The molecule has 89 heavy (non-hydrogen) atoms. The molecule has 8 nitrogen and oxygen atoms in total. The number of esters is 4. The molecular weight excluding hydrogens is 1410 g/mol. The van der Waals surface area contributed by atoms with Gasteiger partial charge < -0.3 is 69.5 Å². The maximum atomic E-state index is 11.2. The first-order valence-corrected chi connectivity index (χ1v) is 37.1. The molecular formula is C74H142O8S5Sn2. The van der Waals surface area contributed by atoms with Crippen molar-refractivity contribution in [2.45, 2.75) is 351 Å². The van der Waals surface area contributed by atoms with Crippen LogP contribution in [-0.2, 0) is 88.6 Å². The number of carbonyl (C=O) groups is 4. The fraction of sp³-hybridized carbons (Fsp3) is 0.838. The second-order valence-corrected chi connectivity index (χ2v) is 23.8. The van der Waals surface area contributed by atoms with Gasteiger partial charge in [-0.15, -0.1) is 23.0 Å². The van der Waals surface area contributed by atoms with Crippen LogP contribution in [0, 0.1) is 0 Å². The van der Waals surface area contributed by atoms with Gasteiger partial charge in [-0.25, -0.2) is 0 Å². The summed E-state index contributed by atoms with van der Waals surface area (Å²) in [4.78, 5) is 44.9. The van der Waals surface area contributed by atoms with Gasteiger partial charge in [0.1, 0.15) is 0 Å². The molecule has 0 atom stereocenters. The number of allylic oxidation sites excluding steroid dienone is 8. The quantitative estimate of drug-likeness (QED) is 0.0145. The summed E-state index contributed by atoms with van der Waals surface area (Å²) in [6.45, 7) is 10.6. The van der Waals surface area contributed by atoms with Gasteiger partial charge in [-0.1, -0.05) is 245 Å². The van der Waals surface area contributed by atoms with E-state index in [1.807, 2.05) is 0 Å². The van der Waals surface area contributed by atoms with Crippen molar-refractivity contribution < 1.29 is 38.1 Å². The maximum absolute atomic E-state index is 11.2. The molecule has 0 amide bonds. The minimum atomic E-state index is -0.0918. The maximum Gasteiger partial charge on any atom is 2.00 e. The van der Waals surface area contributed by atoms with E-state index < -0.39 is 0 Å². The average Bonchev–Trinajstić information content (AvgIpc) is 3.50. The van der Waals surface area contributed by atoms with Crippen LogP contribution in [0.3, 0.4) is 0 Å². The van der Waals surface area contributed by atoms with Gasteiger partial charge in [0.05, 0.1) is 26.4 Å². The van der Waals surface area contributed by atoms with E-state index in [9.17, 15) is 19.2 Å². The number of carbonyl (C=O) groups excluding carboxylic acids is 4. The third kappa shape index (κ3) is 113. The van der Waals surface area contributed by atoms with E-state index in [0.29, 0.717) is 75.1 Å². The zero-order valence-corrected chi connectivity index (χ0v) is 66.6. The first kappa shape index (κ1) is 108. The molecule has 0 saturated carbocycles. The van der Waals surface area contributed by atoms with Gasteiger partial charge in [0.2, 0.25) is 0 Å². The Morgan fingerprint density at radius 2 is 0.382 bits per heavy atom. The molecule has 0 aliphatic carbocycles. The number of unbranched alkanes of at least 4 members (excludes halogenated alkanes) is 36. The zero-order chi connectivity index (χ0) is 62.4. The Kier molecular flexibility index (Phi) is 126. The fourth-order valence-electron chi connectivity index (χ4n) is 8.86. The first-order valence-electron chi connectivity index (χ1n) is 34.8. The summed E-state index contributed by atoms with van der Waals surface area (Å²) in [6.07, 6.45) is 75.6. The molecule has 0 fully saturated rings. The summed E-state index contributed by atoms with van der Waals surface area (Å²) in [5, 5.41) is 0. The van der Waals surface area contributed by atoms with Crippen LogP contribution in [0.25, 0.3) is 0 Å². The van der Waals surface area contributed by atoms with Crippen LogP contribution in [0.2, 0.25) is 0 Å². The van der Waals surface area contributed by atoms with Crippen molar-refractivity contribution in [3.05, 3.63) is 48.6 Å². The Labute approximate surface area is 617 Å². The molecule has 15 heteroatoms. The summed E-state index contributed by atoms with van der Waals surface area (Å²) >= 11 is 18.9. The van der Waals surface area contributed by atoms with Gasteiger partial charge in [0, 0.05) is 25.7 Å². The smallest absolute Gasteiger partial charge is 0.789 e. The predicted molar refractivity (Wildman–Crippen MR) is 409 cm³/mol. The van der Waals surface area contributed by atoms with Gasteiger partial charge in [-0.05, 0) is 128 Å². The SMILES string of the molecule is C.C.CCCCCC/C=C/CCCCCCCC(=O)OCC[S-].CCCCCC/C=C/CCCCCCCC(=O)OCC[S-].CCCCCC/C=C/CCCCCCCC(=O)OCC[S-].CCCCCC/C=C/CCCCCCCC(=O)OCC[S-].S.[Sn+2].[Sn+2]. The molecule has 0 aliphatic rings. The topological polar surface area (TPSA) is 105 Å². The van der Waals surface area contributed by atoms with Crippen molar-refractivity contribution in [1.29, 1.82) is 0 Å². The zero-order valence-electron chi connectivity index (χ0n) is 56.6. The largest absolute Gasteiger partial charge is 2.00 e. The molecule has 0 aliphatic heterocycles. The van der Waals surface area contributed by atoms with E-state index in [-0.39, 0.29) is 100 Å². The summed E-state index contributed by atoms with van der Waals surface area (Å²) < 4.78 is 19.8. The Balaban J connectivity index is -0.000000134. The Morgan fingerprint density at radius 1 is 0.247 bits per heavy atom. The van der Waals surface area contributed by atoms with Gasteiger partial charge in [0.25, 0.3) is 0 Å². The van der Waals surface area contributed by atoms with E-state index in [4.69, 9.17) is 69.5 Å². The van der Waals surface area contributed by atoms with Crippen LogP contribution in [-0.4, -0.2) is 121 Å². The molecule has 0 spiro atoms. The third-order valence-electron chi connectivity index (χ3n) is 14.0. The summed E-state index contributed by atoms with van der Waals surface area (Å²) in [6, 6.07) is 0. The van der Waals surface area contributed by atoms with Crippen molar-refractivity contribution >= 4 is 136 Å². The fourth-order valence-corrected chi connectivity index (χ4v) is 9.19. The molecule has 0 N–H and O–H groups in total. The minimum absolute atomic E-state index is 0. The standard InChI is InChI=1S/4C18H34O2S.2CH4.H2S.2Sn/c4*1-2-3-4-5-6-7-8-9-10-11-12-13-14-15-18(19)20-16-17-21;;;;;/h4*7-8,21H,2-6,9-17H2,1H3;2*1H4;1H2;;/q;;;;;;;2*+2/p-4/b4*8-7+;;;;;. The van der Waals surface area contributed by atoms with Crippen molar-refractivity contribution in [1.82, 2.24) is 0 Å². The Bertz CT molecular complexity index is 1230. The molecule has 0 unspecified atom stereocenters. The van der Waals surface area contributed by atoms with Crippen molar-refractivity contribution in [2.75, 3.05) is 49.4 Å². The van der Waals surface area contributed by atoms with Gasteiger partial charge in [0.15, 0.2) is 0 Å². The van der Waals surface area contributed by atoms with Crippen LogP contribution in [0.15, 0.2) is 48.6 Å². The second kappa shape index (κ2) is 104. The summed E-state index contributed by atoms with van der Waals surface area (Å²) in [5.74, 6) is 1.62. The number of hydrogen-bond donors (Lipinski definition) is 0. The number of hydrogen-bond acceptors (Lipinski definition) is 12. The van der Waals surface area contributed by atoms with E-state index in [1.165, 1.54) is 231 Å². The molecule has 0 saturated heterocycles. The van der Waals surface area contributed by atoms with E-state index in [0.717, 1.165) is 51.4 Å². The van der Waals surface area contributed by atoms with Crippen LogP contribution >= 0.6 is 13.5 Å². The Hall–Kier alpha value is 0.187. The summed E-state index contributed by atoms with van der Waals surface area (Å²) in [5.41, 5.74) is 0. The van der Waals surface area contributed by atoms with Crippen LogP contribution in [0.4, 0.5) is 0 Å². The molecule has 0 aromatic rings. The number of rotatable bonds is 60. The third-order valence-corrected chi connectivity index (χ3v) is 14.6. The van der Waals surface area contributed by atoms with Crippen molar-refractivity contribution in [3.8, 4) is 0 Å². The predicted octanol–water partition coefficient (Wildman–Crippen LogP) is 22.0.